The van der Waals surface area contributed by atoms with Gasteiger partial charge in [-0.1, -0.05) is 18.2 Å². The summed E-state index contributed by atoms with van der Waals surface area (Å²) >= 11 is 0. The SMILES string of the molecule is CN1CC[C@@]23C=C[C@H](O)C[C@@H]2Oc2c([18F])ccc(c23)C1. The molecule has 0 aromatic heterocycles. The average molecular weight is 274 g/mol. The third-order valence-electron chi connectivity index (χ3n) is 4.91. The highest BCUT2D eigenvalue weighted by Crippen LogP contribution is 2.53. The van der Waals surface area contributed by atoms with Crippen LogP contribution in [0, 0.1) is 5.82 Å². The summed E-state index contributed by atoms with van der Waals surface area (Å²) in [6.07, 6.45) is 4.69. The predicted octanol–water partition coefficient (Wildman–Crippen LogP) is 1.98. The molecule has 1 aliphatic carbocycles. The molecule has 3 atom stereocenters. The van der Waals surface area contributed by atoms with Crippen molar-refractivity contribution in [2.45, 2.75) is 37.0 Å². The standard InChI is InChI=1S/C16H18FNO2/c1-18-7-6-16-5-4-11(19)8-13(16)20-15-12(17)3-2-10(9-18)14(15)16/h2-5,11,13,19H,6-9H2,1H3/t11-,13-,16-/m0/s1/i17-1. The molecule has 1 spiro atoms. The van der Waals surface area contributed by atoms with Gasteiger partial charge in [0.1, 0.15) is 6.10 Å². The zero-order valence-electron chi connectivity index (χ0n) is 11.5. The van der Waals surface area contributed by atoms with E-state index in [0.29, 0.717) is 12.2 Å². The van der Waals surface area contributed by atoms with Gasteiger partial charge in [0.2, 0.25) is 0 Å². The van der Waals surface area contributed by atoms with E-state index in [4.69, 9.17) is 4.74 Å². The second-order valence-corrected chi connectivity index (χ2v) is 6.21. The summed E-state index contributed by atoms with van der Waals surface area (Å²) in [7, 11) is 2.09. The van der Waals surface area contributed by atoms with Crippen LogP contribution in [0.1, 0.15) is 24.0 Å². The van der Waals surface area contributed by atoms with Crippen molar-refractivity contribution in [3.05, 3.63) is 41.2 Å². The monoisotopic (exact) mass is 274 g/mol. The molecule has 0 saturated heterocycles. The van der Waals surface area contributed by atoms with E-state index >= 15 is 0 Å². The number of aliphatic hydroxyl groups excluding tert-OH is 1. The predicted molar refractivity (Wildman–Crippen MR) is 73.2 cm³/mol. The number of aliphatic hydroxyl groups is 1. The second-order valence-electron chi connectivity index (χ2n) is 6.21. The van der Waals surface area contributed by atoms with Gasteiger partial charge in [-0.3, -0.25) is 0 Å². The largest absolute Gasteiger partial charge is 0.486 e. The van der Waals surface area contributed by atoms with Crippen LogP contribution in [0.3, 0.4) is 0 Å². The van der Waals surface area contributed by atoms with Crippen molar-refractivity contribution < 1.29 is 14.2 Å². The van der Waals surface area contributed by atoms with E-state index in [1.807, 2.05) is 12.1 Å². The number of halogens is 1. The lowest BCUT2D eigenvalue weighted by Gasteiger charge is -2.35. The number of rotatable bonds is 0. The Morgan fingerprint density at radius 3 is 3.15 bits per heavy atom. The first-order valence-electron chi connectivity index (χ1n) is 7.14. The Balaban J connectivity index is 1.96. The van der Waals surface area contributed by atoms with Crippen LogP contribution in [-0.4, -0.2) is 35.8 Å². The van der Waals surface area contributed by atoms with Crippen molar-refractivity contribution in [3.8, 4) is 5.75 Å². The number of ether oxygens (including phenoxy) is 1. The van der Waals surface area contributed by atoms with E-state index < -0.39 is 6.10 Å². The lowest BCUT2D eigenvalue weighted by Crippen LogP contribution is -2.42. The molecule has 1 aromatic rings. The van der Waals surface area contributed by atoms with Crippen LogP contribution >= 0.6 is 0 Å². The Morgan fingerprint density at radius 2 is 2.30 bits per heavy atom. The maximum absolute atomic E-state index is 14.1. The molecule has 0 radical (unpaired) electrons. The third-order valence-corrected chi connectivity index (χ3v) is 4.91. The van der Waals surface area contributed by atoms with Crippen molar-refractivity contribution in [1.29, 1.82) is 0 Å². The molecule has 0 amide bonds. The first-order valence-corrected chi connectivity index (χ1v) is 7.14. The minimum atomic E-state index is -0.493. The summed E-state index contributed by atoms with van der Waals surface area (Å²) in [5.41, 5.74) is 1.89. The molecule has 1 aromatic carbocycles. The molecule has 0 unspecified atom stereocenters. The quantitative estimate of drug-likeness (QED) is 0.734. The third kappa shape index (κ3) is 1.52. The van der Waals surface area contributed by atoms with Crippen molar-refractivity contribution in [2.24, 2.45) is 0 Å². The van der Waals surface area contributed by atoms with Gasteiger partial charge in [0, 0.05) is 18.5 Å². The summed E-state index contributed by atoms with van der Waals surface area (Å²) in [5, 5.41) is 9.85. The molecule has 106 valence electrons. The van der Waals surface area contributed by atoms with Gasteiger partial charge in [-0.05, 0) is 31.6 Å². The maximum atomic E-state index is 14.1. The van der Waals surface area contributed by atoms with E-state index in [1.54, 1.807) is 0 Å². The minimum Gasteiger partial charge on any atom is -0.486 e. The Bertz CT molecular complexity index is 600. The van der Waals surface area contributed by atoms with Crippen molar-refractivity contribution in [3.63, 3.8) is 0 Å². The maximum Gasteiger partial charge on any atom is 0.165 e. The highest BCUT2D eigenvalue weighted by molar-refractivity contribution is 5.55. The second kappa shape index (κ2) is 4.06. The minimum absolute atomic E-state index is 0.153. The Kier molecular flexibility index (Phi) is 2.51. The summed E-state index contributed by atoms with van der Waals surface area (Å²) in [6.45, 7) is 1.76. The van der Waals surface area contributed by atoms with Crippen molar-refractivity contribution >= 4 is 0 Å². The molecule has 4 rings (SSSR count). The molecule has 0 bridgehead atoms. The number of hydrogen-bond acceptors (Lipinski definition) is 3. The molecular weight excluding hydrogens is 256 g/mol. The van der Waals surface area contributed by atoms with Gasteiger partial charge in [-0.25, -0.2) is 4.39 Å². The molecule has 0 saturated carbocycles. The van der Waals surface area contributed by atoms with Gasteiger partial charge in [0.15, 0.2) is 11.6 Å². The van der Waals surface area contributed by atoms with Crippen LogP contribution in [0.5, 0.6) is 5.75 Å². The number of nitrogens with zero attached hydrogens (tertiary/aromatic N) is 1. The van der Waals surface area contributed by atoms with E-state index in [9.17, 15) is 9.50 Å². The summed E-state index contributed by atoms with van der Waals surface area (Å²) in [6, 6.07) is 3.38. The van der Waals surface area contributed by atoms with Crippen molar-refractivity contribution in [1.82, 2.24) is 4.90 Å². The zero-order valence-corrected chi connectivity index (χ0v) is 11.5. The van der Waals surface area contributed by atoms with Gasteiger partial charge >= 0.3 is 0 Å². The van der Waals surface area contributed by atoms with Crippen LogP contribution in [0.4, 0.5) is 4.39 Å². The van der Waals surface area contributed by atoms with E-state index in [-0.39, 0.29) is 17.3 Å². The summed E-state index contributed by atoms with van der Waals surface area (Å²) < 4.78 is 20.1. The van der Waals surface area contributed by atoms with Crippen LogP contribution < -0.4 is 4.74 Å². The van der Waals surface area contributed by atoms with Gasteiger partial charge < -0.3 is 14.7 Å². The van der Waals surface area contributed by atoms with Crippen LogP contribution in [0.15, 0.2) is 24.3 Å². The van der Waals surface area contributed by atoms with Crippen LogP contribution in [-0.2, 0) is 12.0 Å². The first kappa shape index (κ1) is 12.4. The fourth-order valence-corrected chi connectivity index (χ4v) is 3.91. The molecule has 3 nitrogen and oxygen atoms in total. The smallest absolute Gasteiger partial charge is 0.165 e. The van der Waals surface area contributed by atoms with Gasteiger partial charge in [-0.15, -0.1) is 0 Å². The van der Waals surface area contributed by atoms with Crippen LogP contribution in [0.25, 0.3) is 0 Å². The molecule has 2 aliphatic heterocycles. The Morgan fingerprint density at radius 1 is 1.45 bits per heavy atom. The fourth-order valence-electron chi connectivity index (χ4n) is 3.91. The van der Waals surface area contributed by atoms with Crippen molar-refractivity contribution in [2.75, 3.05) is 13.6 Å². The summed E-state index contributed by atoms with van der Waals surface area (Å²) in [5.74, 6) is 0.117. The van der Waals surface area contributed by atoms with E-state index in [1.165, 1.54) is 6.07 Å². The van der Waals surface area contributed by atoms with Gasteiger partial charge in [0.05, 0.1) is 11.5 Å². The molecule has 20 heavy (non-hydrogen) atoms. The number of hydrogen-bond donors (Lipinski definition) is 1. The summed E-state index contributed by atoms with van der Waals surface area (Å²) in [4.78, 5) is 2.26. The highest BCUT2D eigenvalue weighted by Gasteiger charge is 2.52. The Hall–Kier alpha value is -1.39. The molecule has 2 heterocycles. The highest BCUT2D eigenvalue weighted by atomic mass is 18.2. The molecule has 1 N–H and O–H groups in total. The first-order chi connectivity index (χ1) is 9.60. The Labute approximate surface area is 117 Å². The molecular formula is C16H18FNO2. The fraction of sp³-hybridized carbons (Fsp3) is 0.500. The average Bonchev–Trinajstić information content (AvgIpc) is 2.68. The topological polar surface area (TPSA) is 32.7 Å². The molecule has 3 aliphatic rings. The zero-order chi connectivity index (χ0) is 13.9. The molecule has 4 heteroatoms. The van der Waals surface area contributed by atoms with E-state index in [0.717, 1.165) is 30.6 Å². The van der Waals surface area contributed by atoms with E-state index in [2.05, 4.69) is 18.0 Å². The number of benzene rings is 1. The lowest BCUT2D eigenvalue weighted by molar-refractivity contribution is 0.0816. The van der Waals surface area contributed by atoms with Crippen LogP contribution in [0.2, 0.25) is 0 Å². The normalized spacial score (nSPS) is 35.1. The van der Waals surface area contributed by atoms with Gasteiger partial charge in [0.25, 0.3) is 0 Å². The lowest BCUT2D eigenvalue weighted by atomic mass is 9.69. The molecule has 0 fully saturated rings. The van der Waals surface area contributed by atoms with Gasteiger partial charge in [-0.2, -0.15) is 0 Å².